The Labute approximate surface area is 148 Å². The highest BCUT2D eigenvalue weighted by Crippen LogP contribution is 2.32. The standard InChI is InChI=1S/C19H14N4O3/c20-8-13(7-14-10-22-18-15(14)2-1-5-21-18)19(24)23-9-12-3-4-16-17(6-12)26-11-25-16/h1-7,10H,9,11H2,(H,21,22)(H,23,24). The Balaban J connectivity index is 1.50. The van der Waals surface area contributed by atoms with Crippen LogP contribution in [0.5, 0.6) is 11.5 Å². The highest BCUT2D eigenvalue weighted by atomic mass is 16.7. The first kappa shape index (κ1) is 15.7. The molecule has 0 saturated carbocycles. The number of fused-ring (bicyclic) bond motifs is 2. The second-order valence-electron chi connectivity index (χ2n) is 5.68. The number of rotatable bonds is 4. The van der Waals surface area contributed by atoms with Crippen molar-refractivity contribution in [3.05, 3.63) is 59.4 Å². The van der Waals surface area contributed by atoms with Gasteiger partial charge in [-0.3, -0.25) is 4.79 Å². The summed E-state index contributed by atoms with van der Waals surface area (Å²) in [5.74, 6) is 0.896. The third-order valence-corrected chi connectivity index (χ3v) is 4.04. The van der Waals surface area contributed by atoms with Crippen LogP contribution in [0.3, 0.4) is 0 Å². The van der Waals surface area contributed by atoms with Crippen LogP contribution in [-0.4, -0.2) is 22.7 Å². The maximum Gasteiger partial charge on any atom is 0.262 e. The maximum atomic E-state index is 12.4. The molecule has 0 atom stereocenters. The number of nitrogens with zero attached hydrogens (tertiary/aromatic N) is 2. The smallest absolute Gasteiger partial charge is 0.262 e. The molecular formula is C19H14N4O3. The van der Waals surface area contributed by atoms with Crippen LogP contribution < -0.4 is 14.8 Å². The van der Waals surface area contributed by atoms with Gasteiger partial charge in [0.1, 0.15) is 17.3 Å². The zero-order valence-corrected chi connectivity index (χ0v) is 13.7. The maximum absolute atomic E-state index is 12.4. The summed E-state index contributed by atoms with van der Waals surface area (Å²) in [6.45, 7) is 0.482. The first-order valence-electron chi connectivity index (χ1n) is 7.95. The van der Waals surface area contributed by atoms with Crippen LogP contribution in [0.25, 0.3) is 17.1 Å². The Kier molecular flexibility index (Phi) is 4.00. The van der Waals surface area contributed by atoms with E-state index in [0.717, 1.165) is 16.5 Å². The second kappa shape index (κ2) is 6.61. The van der Waals surface area contributed by atoms with Gasteiger partial charge in [-0.15, -0.1) is 0 Å². The van der Waals surface area contributed by atoms with E-state index in [1.807, 2.05) is 24.3 Å². The number of nitriles is 1. The van der Waals surface area contributed by atoms with Crippen molar-refractivity contribution in [2.24, 2.45) is 0 Å². The number of H-pyrrole nitrogens is 1. The molecule has 26 heavy (non-hydrogen) atoms. The average Bonchev–Trinajstić information content (AvgIpc) is 3.30. The van der Waals surface area contributed by atoms with Crippen LogP contribution in [0.15, 0.2) is 48.3 Å². The van der Waals surface area contributed by atoms with Gasteiger partial charge in [-0.1, -0.05) is 6.07 Å². The van der Waals surface area contributed by atoms with Crippen molar-refractivity contribution in [1.82, 2.24) is 15.3 Å². The van der Waals surface area contributed by atoms with Crippen molar-refractivity contribution in [3.63, 3.8) is 0 Å². The third kappa shape index (κ3) is 2.96. The van der Waals surface area contributed by atoms with Gasteiger partial charge in [-0.2, -0.15) is 5.26 Å². The molecule has 0 spiro atoms. The van der Waals surface area contributed by atoms with Crippen molar-refractivity contribution in [2.75, 3.05) is 6.79 Å². The van der Waals surface area contributed by atoms with Gasteiger partial charge >= 0.3 is 0 Å². The van der Waals surface area contributed by atoms with E-state index in [-0.39, 0.29) is 18.9 Å². The van der Waals surface area contributed by atoms with Gasteiger partial charge in [-0.05, 0) is 35.9 Å². The summed E-state index contributed by atoms with van der Waals surface area (Å²) in [5.41, 5.74) is 2.33. The van der Waals surface area contributed by atoms with Gasteiger partial charge < -0.3 is 19.8 Å². The van der Waals surface area contributed by atoms with Crippen LogP contribution >= 0.6 is 0 Å². The Bertz CT molecular complexity index is 1060. The molecule has 0 radical (unpaired) electrons. The van der Waals surface area contributed by atoms with Gasteiger partial charge in [0.05, 0.1) is 0 Å². The molecule has 0 saturated heterocycles. The molecule has 1 aromatic carbocycles. The first-order valence-corrected chi connectivity index (χ1v) is 7.95. The number of carbonyl (C=O) groups is 1. The predicted octanol–water partition coefficient (Wildman–Crippen LogP) is 2.51. The van der Waals surface area contributed by atoms with Crippen molar-refractivity contribution in [3.8, 4) is 17.6 Å². The second-order valence-corrected chi connectivity index (χ2v) is 5.68. The van der Waals surface area contributed by atoms with Gasteiger partial charge in [-0.25, -0.2) is 4.98 Å². The summed E-state index contributed by atoms with van der Waals surface area (Å²) in [7, 11) is 0. The fraction of sp³-hybridized carbons (Fsp3) is 0.105. The fourth-order valence-corrected chi connectivity index (χ4v) is 2.73. The van der Waals surface area contributed by atoms with Gasteiger partial charge in [0, 0.05) is 29.9 Å². The minimum absolute atomic E-state index is 0.0236. The molecule has 3 heterocycles. The number of ether oxygens (including phenoxy) is 2. The van der Waals surface area contributed by atoms with Crippen molar-refractivity contribution >= 4 is 23.0 Å². The number of amides is 1. The number of benzene rings is 1. The lowest BCUT2D eigenvalue weighted by Gasteiger charge is -2.05. The number of aromatic nitrogens is 2. The molecule has 128 valence electrons. The van der Waals surface area contributed by atoms with E-state index in [2.05, 4.69) is 15.3 Å². The van der Waals surface area contributed by atoms with Crippen LogP contribution in [0, 0.1) is 11.3 Å². The number of nitrogens with one attached hydrogen (secondary N) is 2. The Morgan fingerprint density at radius 1 is 1.35 bits per heavy atom. The van der Waals surface area contributed by atoms with E-state index in [9.17, 15) is 10.1 Å². The van der Waals surface area contributed by atoms with Gasteiger partial charge in [0.2, 0.25) is 6.79 Å². The van der Waals surface area contributed by atoms with E-state index in [1.165, 1.54) is 0 Å². The molecule has 0 aliphatic carbocycles. The zero-order chi connectivity index (χ0) is 17.9. The SMILES string of the molecule is N#CC(=Cc1c[nH]c2ncccc12)C(=O)NCc1ccc2c(c1)OCO2. The highest BCUT2D eigenvalue weighted by molar-refractivity contribution is 6.03. The summed E-state index contributed by atoms with van der Waals surface area (Å²) < 4.78 is 10.6. The van der Waals surface area contributed by atoms with Gasteiger partial charge in [0.15, 0.2) is 11.5 Å². The average molecular weight is 346 g/mol. The lowest BCUT2D eigenvalue weighted by molar-refractivity contribution is -0.117. The summed E-state index contributed by atoms with van der Waals surface area (Å²) in [5, 5.41) is 13.0. The molecular weight excluding hydrogens is 332 g/mol. The highest BCUT2D eigenvalue weighted by Gasteiger charge is 2.14. The first-order chi connectivity index (χ1) is 12.7. The van der Waals surface area contributed by atoms with E-state index in [4.69, 9.17) is 9.47 Å². The largest absolute Gasteiger partial charge is 0.454 e. The lowest BCUT2D eigenvalue weighted by atomic mass is 10.1. The molecule has 3 aromatic rings. The molecule has 7 nitrogen and oxygen atoms in total. The molecule has 0 fully saturated rings. The Morgan fingerprint density at radius 2 is 2.23 bits per heavy atom. The molecule has 1 amide bonds. The summed E-state index contributed by atoms with van der Waals surface area (Å²) in [6.07, 6.45) is 4.95. The van der Waals surface area contributed by atoms with Crippen molar-refractivity contribution < 1.29 is 14.3 Å². The number of hydrogen-bond donors (Lipinski definition) is 2. The van der Waals surface area contributed by atoms with E-state index in [0.29, 0.717) is 17.1 Å². The predicted molar refractivity (Wildman–Crippen MR) is 94.1 cm³/mol. The Morgan fingerprint density at radius 3 is 3.12 bits per heavy atom. The summed E-state index contributed by atoms with van der Waals surface area (Å²) in [6, 6.07) is 11.1. The number of pyridine rings is 1. The number of hydrogen-bond acceptors (Lipinski definition) is 5. The molecule has 2 N–H and O–H groups in total. The zero-order valence-electron chi connectivity index (χ0n) is 13.7. The molecule has 7 heteroatoms. The molecule has 4 rings (SSSR count). The number of aromatic amines is 1. The van der Waals surface area contributed by atoms with Crippen LogP contribution in [0.4, 0.5) is 0 Å². The van der Waals surface area contributed by atoms with Crippen molar-refractivity contribution in [1.29, 1.82) is 5.26 Å². The topological polar surface area (TPSA) is 100 Å². The van der Waals surface area contributed by atoms with Crippen LogP contribution in [-0.2, 0) is 11.3 Å². The normalized spacial score (nSPS) is 12.8. The quantitative estimate of drug-likeness (QED) is 0.558. The summed E-state index contributed by atoms with van der Waals surface area (Å²) in [4.78, 5) is 19.6. The van der Waals surface area contributed by atoms with Gasteiger partial charge in [0.25, 0.3) is 5.91 Å². The molecule has 1 aliphatic heterocycles. The lowest BCUT2D eigenvalue weighted by Crippen LogP contribution is -2.23. The minimum atomic E-state index is -0.441. The molecule has 0 unspecified atom stereocenters. The van der Waals surface area contributed by atoms with E-state index < -0.39 is 5.91 Å². The minimum Gasteiger partial charge on any atom is -0.454 e. The summed E-state index contributed by atoms with van der Waals surface area (Å²) >= 11 is 0. The van der Waals surface area contributed by atoms with Crippen LogP contribution in [0.2, 0.25) is 0 Å². The Hall–Kier alpha value is -3.79. The molecule has 2 aromatic heterocycles. The molecule has 1 aliphatic rings. The molecule has 0 bridgehead atoms. The monoisotopic (exact) mass is 346 g/mol. The van der Waals surface area contributed by atoms with Crippen molar-refractivity contribution in [2.45, 2.75) is 6.54 Å². The third-order valence-electron chi connectivity index (χ3n) is 4.04. The van der Waals surface area contributed by atoms with Crippen LogP contribution in [0.1, 0.15) is 11.1 Å². The van der Waals surface area contributed by atoms with E-state index >= 15 is 0 Å². The number of carbonyl (C=O) groups excluding carboxylic acids is 1. The van der Waals surface area contributed by atoms with E-state index in [1.54, 1.807) is 30.6 Å². The fourth-order valence-electron chi connectivity index (χ4n) is 2.73.